The van der Waals surface area contributed by atoms with Gasteiger partial charge in [0.05, 0.1) is 0 Å². The minimum absolute atomic E-state index is 0.782. The minimum Gasteiger partial charge on any atom is -0.377 e. The van der Waals surface area contributed by atoms with Crippen molar-refractivity contribution in [3.05, 3.63) is 12.3 Å². The molecule has 0 radical (unpaired) electrons. The van der Waals surface area contributed by atoms with Crippen LogP contribution in [0.2, 0.25) is 0 Å². The first kappa shape index (κ1) is 6.94. The van der Waals surface area contributed by atoms with Crippen LogP contribution >= 0.6 is 11.6 Å². The van der Waals surface area contributed by atoms with Gasteiger partial charge < -0.3 is 4.90 Å². The largest absolute Gasteiger partial charge is 0.377 e. The summed E-state index contributed by atoms with van der Waals surface area (Å²) in [6, 6.07) is 0. The Balaban J connectivity index is 2.05. The van der Waals surface area contributed by atoms with Gasteiger partial charge in [0.25, 0.3) is 0 Å². The molecule has 0 N–H and O–H groups in total. The van der Waals surface area contributed by atoms with E-state index in [0.29, 0.717) is 0 Å². The van der Waals surface area contributed by atoms with Gasteiger partial charge in [-0.2, -0.15) is 0 Å². The summed E-state index contributed by atoms with van der Waals surface area (Å²) in [6.07, 6.45) is 6.68. The topological polar surface area (TPSA) is 3.24 Å². The van der Waals surface area contributed by atoms with Gasteiger partial charge >= 0.3 is 0 Å². The van der Waals surface area contributed by atoms with E-state index < -0.39 is 0 Å². The van der Waals surface area contributed by atoms with Crippen LogP contribution in [0.3, 0.4) is 0 Å². The summed E-state index contributed by atoms with van der Waals surface area (Å²) in [5, 5.41) is 0. The van der Waals surface area contributed by atoms with Crippen molar-refractivity contribution in [3.8, 4) is 0 Å². The van der Waals surface area contributed by atoms with Crippen LogP contribution in [0.4, 0.5) is 0 Å². The summed E-state index contributed by atoms with van der Waals surface area (Å²) in [6.45, 7) is 2.32. The lowest BCUT2D eigenvalue weighted by molar-refractivity contribution is 0.407. The summed E-state index contributed by atoms with van der Waals surface area (Å²) in [5.74, 6) is 0.782. The molecule has 0 spiro atoms. The molecule has 0 aromatic rings. The highest BCUT2D eigenvalue weighted by atomic mass is 35.5. The first-order chi connectivity index (χ1) is 4.43. The summed E-state index contributed by atoms with van der Waals surface area (Å²) in [5.41, 5.74) is 0. The lowest BCUT2D eigenvalue weighted by Crippen LogP contribution is -2.15. The second-order valence-electron chi connectivity index (χ2n) is 2.25. The van der Waals surface area contributed by atoms with Crippen molar-refractivity contribution in [2.75, 3.05) is 19.0 Å². The summed E-state index contributed by atoms with van der Waals surface area (Å²) in [7, 11) is 0. The van der Waals surface area contributed by atoms with E-state index in [1.54, 1.807) is 0 Å². The maximum Gasteiger partial charge on any atom is 0.0240 e. The van der Waals surface area contributed by atoms with E-state index in [-0.39, 0.29) is 0 Å². The highest BCUT2D eigenvalue weighted by Crippen LogP contribution is 2.04. The smallest absolute Gasteiger partial charge is 0.0240 e. The van der Waals surface area contributed by atoms with Gasteiger partial charge in [-0.25, -0.2) is 0 Å². The Hall–Kier alpha value is -0.170. The number of halogens is 1. The fraction of sp³-hybridized carbons (Fsp3) is 0.714. The zero-order valence-electron chi connectivity index (χ0n) is 5.52. The maximum absolute atomic E-state index is 5.53. The van der Waals surface area contributed by atoms with Gasteiger partial charge in [0.15, 0.2) is 0 Å². The van der Waals surface area contributed by atoms with Gasteiger partial charge in [-0.1, -0.05) is 6.08 Å². The molecular formula is C7H12ClN. The molecule has 52 valence electrons. The molecule has 1 heterocycles. The maximum atomic E-state index is 5.53. The monoisotopic (exact) mass is 145 g/mol. The van der Waals surface area contributed by atoms with Crippen molar-refractivity contribution in [2.45, 2.75) is 12.8 Å². The van der Waals surface area contributed by atoms with E-state index in [1.165, 1.54) is 13.0 Å². The van der Waals surface area contributed by atoms with Crippen LogP contribution in [-0.4, -0.2) is 23.9 Å². The van der Waals surface area contributed by atoms with Crippen LogP contribution in [-0.2, 0) is 0 Å². The molecule has 0 saturated carbocycles. The van der Waals surface area contributed by atoms with E-state index in [9.17, 15) is 0 Å². The van der Waals surface area contributed by atoms with Crippen molar-refractivity contribution in [3.63, 3.8) is 0 Å². The Labute approximate surface area is 61.3 Å². The van der Waals surface area contributed by atoms with E-state index >= 15 is 0 Å². The Morgan fingerprint density at radius 3 is 3.00 bits per heavy atom. The molecule has 1 aliphatic rings. The van der Waals surface area contributed by atoms with Crippen LogP contribution < -0.4 is 0 Å². The molecule has 0 atom stereocenters. The Bertz CT molecular complexity index is 101. The molecule has 2 heteroatoms. The van der Waals surface area contributed by atoms with E-state index in [2.05, 4.69) is 17.2 Å². The molecule has 0 aromatic carbocycles. The first-order valence-electron chi connectivity index (χ1n) is 3.40. The quantitative estimate of drug-likeness (QED) is 0.548. The molecule has 1 aliphatic heterocycles. The number of nitrogens with zero attached hydrogens (tertiary/aromatic N) is 1. The summed E-state index contributed by atoms with van der Waals surface area (Å²) in [4.78, 5) is 2.31. The molecule has 9 heavy (non-hydrogen) atoms. The van der Waals surface area contributed by atoms with E-state index in [1.807, 2.05) is 0 Å². The van der Waals surface area contributed by atoms with E-state index in [4.69, 9.17) is 11.6 Å². The van der Waals surface area contributed by atoms with Gasteiger partial charge in [-0.3, -0.25) is 0 Å². The molecular weight excluding hydrogens is 134 g/mol. The highest BCUT2D eigenvalue weighted by Gasteiger charge is 2.01. The Kier molecular flexibility index (Phi) is 2.92. The lowest BCUT2D eigenvalue weighted by Gasteiger charge is -2.12. The van der Waals surface area contributed by atoms with Crippen LogP contribution in [0.15, 0.2) is 12.3 Å². The van der Waals surface area contributed by atoms with Gasteiger partial charge in [0.2, 0.25) is 0 Å². The average molecular weight is 146 g/mol. The second-order valence-corrected chi connectivity index (χ2v) is 2.63. The second kappa shape index (κ2) is 3.78. The molecule has 0 bridgehead atoms. The molecule has 0 amide bonds. The molecule has 0 unspecified atom stereocenters. The van der Waals surface area contributed by atoms with Crippen molar-refractivity contribution in [1.82, 2.24) is 4.90 Å². The zero-order chi connectivity index (χ0) is 6.53. The van der Waals surface area contributed by atoms with Crippen LogP contribution in [0.25, 0.3) is 0 Å². The van der Waals surface area contributed by atoms with Crippen molar-refractivity contribution in [1.29, 1.82) is 0 Å². The fourth-order valence-electron chi connectivity index (χ4n) is 0.988. The van der Waals surface area contributed by atoms with Crippen molar-refractivity contribution < 1.29 is 0 Å². The number of rotatable bonds is 3. The predicted octanol–water partition coefficient (Wildman–Crippen LogP) is 1.83. The molecule has 0 aliphatic carbocycles. The number of hydrogen-bond acceptors (Lipinski definition) is 1. The lowest BCUT2D eigenvalue weighted by atomic mass is 10.4. The van der Waals surface area contributed by atoms with Crippen LogP contribution in [0.5, 0.6) is 0 Å². The van der Waals surface area contributed by atoms with Gasteiger partial charge in [0, 0.05) is 19.0 Å². The van der Waals surface area contributed by atoms with Gasteiger partial charge in [-0.05, 0) is 19.0 Å². The van der Waals surface area contributed by atoms with Crippen molar-refractivity contribution in [2.24, 2.45) is 0 Å². The molecule has 1 rings (SSSR count). The fourth-order valence-corrected chi connectivity index (χ4v) is 1.11. The third kappa shape index (κ3) is 2.27. The molecule has 0 saturated heterocycles. The minimum atomic E-state index is 0.782. The average Bonchev–Trinajstić information content (AvgIpc) is 2.34. The third-order valence-corrected chi connectivity index (χ3v) is 1.75. The normalized spacial score (nSPS) is 17.2. The third-order valence-electron chi connectivity index (χ3n) is 1.48. The zero-order valence-corrected chi connectivity index (χ0v) is 6.27. The summed E-state index contributed by atoms with van der Waals surface area (Å²) < 4.78 is 0. The molecule has 0 fully saturated rings. The molecule has 0 aromatic heterocycles. The molecule has 1 nitrogen and oxygen atoms in total. The Morgan fingerprint density at radius 1 is 1.56 bits per heavy atom. The van der Waals surface area contributed by atoms with Crippen LogP contribution in [0, 0.1) is 0 Å². The standard InChI is InChI=1S/C7H12ClN/c8-4-3-7-9-5-1-2-6-9/h1,5H,2-4,6-7H2. The predicted molar refractivity (Wildman–Crippen MR) is 40.7 cm³/mol. The SMILES string of the molecule is ClCCCN1C=CCC1. The van der Waals surface area contributed by atoms with Crippen LogP contribution in [0.1, 0.15) is 12.8 Å². The highest BCUT2D eigenvalue weighted by molar-refractivity contribution is 6.17. The first-order valence-corrected chi connectivity index (χ1v) is 3.93. The van der Waals surface area contributed by atoms with Crippen molar-refractivity contribution >= 4 is 11.6 Å². The van der Waals surface area contributed by atoms with Gasteiger partial charge in [-0.15, -0.1) is 11.6 Å². The number of alkyl halides is 1. The number of hydrogen-bond donors (Lipinski definition) is 0. The van der Waals surface area contributed by atoms with Gasteiger partial charge in [0.1, 0.15) is 0 Å². The summed E-state index contributed by atoms with van der Waals surface area (Å²) >= 11 is 5.53. The van der Waals surface area contributed by atoms with E-state index in [0.717, 1.165) is 18.8 Å². The Morgan fingerprint density at radius 2 is 2.44 bits per heavy atom.